The minimum Gasteiger partial charge on any atom is -0.324 e. The Hall–Kier alpha value is -0.560. The molecule has 2 unspecified atom stereocenters. The van der Waals surface area contributed by atoms with E-state index in [0.29, 0.717) is 5.92 Å². The summed E-state index contributed by atoms with van der Waals surface area (Å²) in [6.07, 6.45) is 3.94. The van der Waals surface area contributed by atoms with Gasteiger partial charge >= 0.3 is 0 Å². The second-order valence-corrected chi connectivity index (χ2v) is 2.92. The molecule has 0 aromatic heterocycles. The SMILES string of the molecule is C=CC(N)C(C)C=C(C)C. The van der Waals surface area contributed by atoms with Gasteiger partial charge in [-0.3, -0.25) is 0 Å². The lowest BCUT2D eigenvalue weighted by Crippen LogP contribution is -2.23. The molecule has 0 aromatic rings. The second-order valence-electron chi connectivity index (χ2n) is 2.92. The molecule has 0 radical (unpaired) electrons. The van der Waals surface area contributed by atoms with E-state index in [-0.39, 0.29) is 6.04 Å². The molecule has 0 amide bonds. The lowest BCUT2D eigenvalue weighted by Gasteiger charge is -2.11. The molecule has 58 valence electrons. The summed E-state index contributed by atoms with van der Waals surface area (Å²) in [4.78, 5) is 0. The molecule has 0 aromatic carbocycles. The van der Waals surface area contributed by atoms with Crippen LogP contribution in [0.3, 0.4) is 0 Å². The zero-order chi connectivity index (χ0) is 8.15. The normalized spacial score (nSPS) is 15.6. The molecule has 0 rings (SSSR count). The third kappa shape index (κ3) is 3.46. The molecule has 0 saturated heterocycles. The summed E-state index contributed by atoms with van der Waals surface area (Å²) >= 11 is 0. The number of allylic oxidation sites excluding steroid dienone is 1. The van der Waals surface area contributed by atoms with E-state index >= 15 is 0 Å². The summed E-state index contributed by atoms with van der Waals surface area (Å²) in [7, 11) is 0. The Morgan fingerprint density at radius 3 is 2.30 bits per heavy atom. The van der Waals surface area contributed by atoms with Gasteiger partial charge in [0.2, 0.25) is 0 Å². The molecule has 0 aliphatic heterocycles. The third-order valence-corrected chi connectivity index (χ3v) is 1.48. The second kappa shape index (κ2) is 4.29. The average Bonchev–Trinajstić information content (AvgIpc) is 1.85. The summed E-state index contributed by atoms with van der Waals surface area (Å²) in [5.74, 6) is 0.405. The lowest BCUT2D eigenvalue weighted by atomic mass is 10.0. The molecule has 0 fully saturated rings. The van der Waals surface area contributed by atoms with E-state index < -0.39 is 0 Å². The maximum atomic E-state index is 5.70. The zero-order valence-electron chi connectivity index (χ0n) is 7.09. The van der Waals surface area contributed by atoms with Crippen LogP contribution in [0.15, 0.2) is 24.3 Å². The Balaban J connectivity index is 3.95. The lowest BCUT2D eigenvalue weighted by molar-refractivity contribution is 0.628. The van der Waals surface area contributed by atoms with Crippen LogP contribution in [0, 0.1) is 5.92 Å². The monoisotopic (exact) mass is 139 g/mol. The standard InChI is InChI=1S/C9H17N/c1-5-9(10)8(4)6-7(2)3/h5-6,8-9H,1,10H2,2-4H3. The molecule has 0 aliphatic carbocycles. The Morgan fingerprint density at radius 2 is 2.00 bits per heavy atom. The fourth-order valence-electron chi connectivity index (χ4n) is 0.852. The number of nitrogens with two attached hydrogens (primary N) is 1. The molecule has 0 aliphatic rings. The van der Waals surface area contributed by atoms with Crippen LogP contribution in [0.25, 0.3) is 0 Å². The van der Waals surface area contributed by atoms with Crippen LogP contribution in [-0.4, -0.2) is 6.04 Å². The molecule has 2 atom stereocenters. The molecule has 0 bridgehead atoms. The van der Waals surface area contributed by atoms with Crippen LogP contribution < -0.4 is 5.73 Å². The first kappa shape index (κ1) is 9.44. The highest BCUT2D eigenvalue weighted by Gasteiger charge is 2.03. The Morgan fingerprint density at radius 1 is 1.50 bits per heavy atom. The van der Waals surface area contributed by atoms with Gasteiger partial charge in [-0.1, -0.05) is 24.6 Å². The number of hydrogen-bond donors (Lipinski definition) is 1. The van der Waals surface area contributed by atoms with Crippen molar-refractivity contribution in [3.05, 3.63) is 24.3 Å². The van der Waals surface area contributed by atoms with E-state index in [1.807, 2.05) is 0 Å². The van der Waals surface area contributed by atoms with Crippen LogP contribution in [-0.2, 0) is 0 Å². The van der Waals surface area contributed by atoms with E-state index in [0.717, 1.165) is 0 Å². The first-order valence-electron chi connectivity index (χ1n) is 3.61. The summed E-state index contributed by atoms with van der Waals surface area (Å²) in [6, 6.07) is 0.0925. The predicted molar refractivity (Wildman–Crippen MR) is 46.8 cm³/mol. The highest BCUT2D eigenvalue weighted by molar-refractivity contribution is 5.02. The van der Waals surface area contributed by atoms with E-state index in [1.165, 1.54) is 5.57 Å². The van der Waals surface area contributed by atoms with Crippen LogP contribution in [0.5, 0.6) is 0 Å². The first-order chi connectivity index (χ1) is 4.57. The van der Waals surface area contributed by atoms with Gasteiger partial charge in [-0.25, -0.2) is 0 Å². The smallest absolute Gasteiger partial charge is 0.0282 e. The Kier molecular flexibility index (Phi) is 4.05. The molecule has 0 heterocycles. The highest BCUT2D eigenvalue weighted by atomic mass is 14.6. The van der Waals surface area contributed by atoms with Crippen molar-refractivity contribution in [2.75, 3.05) is 0 Å². The topological polar surface area (TPSA) is 26.0 Å². The van der Waals surface area contributed by atoms with Gasteiger partial charge < -0.3 is 5.73 Å². The average molecular weight is 139 g/mol. The highest BCUT2D eigenvalue weighted by Crippen LogP contribution is 2.06. The van der Waals surface area contributed by atoms with Gasteiger partial charge in [-0.05, 0) is 19.8 Å². The Bertz CT molecular complexity index is 132. The quantitative estimate of drug-likeness (QED) is 0.595. The molecule has 10 heavy (non-hydrogen) atoms. The predicted octanol–water partition coefficient (Wildman–Crippen LogP) is 2.10. The number of rotatable bonds is 3. The van der Waals surface area contributed by atoms with Crippen LogP contribution in [0.2, 0.25) is 0 Å². The van der Waals surface area contributed by atoms with E-state index in [9.17, 15) is 0 Å². The van der Waals surface area contributed by atoms with Gasteiger partial charge in [0.05, 0.1) is 0 Å². The fraction of sp³-hybridized carbons (Fsp3) is 0.556. The van der Waals surface area contributed by atoms with Gasteiger partial charge in [-0.15, -0.1) is 6.58 Å². The zero-order valence-corrected chi connectivity index (χ0v) is 7.09. The van der Waals surface area contributed by atoms with Crippen molar-refractivity contribution < 1.29 is 0 Å². The van der Waals surface area contributed by atoms with Crippen molar-refractivity contribution in [3.8, 4) is 0 Å². The minimum absolute atomic E-state index is 0.0925. The largest absolute Gasteiger partial charge is 0.324 e. The molecule has 2 N–H and O–H groups in total. The van der Waals surface area contributed by atoms with E-state index in [4.69, 9.17) is 5.73 Å². The maximum absolute atomic E-state index is 5.70. The van der Waals surface area contributed by atoms with E-state index in [2.05, 4.69) is 33.4 Å². The van der Waals surface area contributed by atoms with Crippen molar-refractivity contribution in [2.24, 2.45) is 11.7 Å². The molecular formula is C9H17N. The summed E-state index contributed by atoms with van der Waals surface area (Å²) in [5, 5.41) is 0. The summed E-state index contributed by atoms with van der Waals surface area (Å²) < 4.78 is 0. The van der Waals surface area contributed by atoms with Gasteiger partial charge in [0, 0.05) is 6.04 Å². The van der Waals surface area contributed by atoms with Gasteiger partial charge in [0.1, 0.15) is 0 Å². The summed E-state index contributed by atoms with van der Waals surface area (Å²) in [6.45, 7) is 9.88. The minimum atomic E-state index is 0.0925. The molecule has 1 nitrogen and oxygen atoms in total. The number of hydrogen-bond acceptors (Lipinski definition) is 1. The van der Waals surface area contributed by atoms with Crippen LogP contribution in [0.1, 0.15) is 20.8 Å². The molecule has 0 spiro atoms. The van der Waals surface area contributed by atoms with Crippen molar-refractivity contribution in [2.45, 2.75) is 26.8 Å². The Labute approximate surface area is 63.6 Å². The molecule has 1 heteroatoms. The van der Waals surface area contributed by atoms with Crippen molar-refractivity contribution in [1.82, 2.24) is 0 Å². The third-order valence-electron chi connectivity index (χ3n) is 1.48. The van der Waals surface area contributed by atoms with Gasteiger partial charge in [0.15, 0.2) is 0 Å². The maximum Gasteiger partial charge on any atom is 0.0282 e. The van der Waals surface area contributed by atoms with Gasteiger partial charge in [-0.2, -0.15) is 0 Å². The van der Waals surface area contributed by atoms with Crippen LogP contribution >= 0.6 is 0 Å². The summed E-state index contributed by atoms with van der Waals surface area (Å²) in [5.41, 5.74) is 7.01. The van der Waals surface area contributed by atoms with Gasteiger partial charge in [0.25, 0.3) is 0 Å². The molecule has 0 saturated carbocycles. The van der Waals surface area contributed by atoms with Crippen molar-refractivity contribution in [1.29, 1.82) is 0 Å². The van der Waals surface area contributed by atoms with Crippen molar-refractivity contribution >= 4 is 0 Å². The van der Waals surface area contributed by atoms with Crippen molar-refractivity contribution in [3.63, 3.8) is 0 Å². The fourth-order valence-corrected chi connectivity index (χ4v) is 0.852. The molecular weight excluding hydrogens is 122 g/mol. The van der Waals surface area contributed by atoms with Crippen LogP contribution in [0.4, 0.5) is 0 Å². The van der Waals surface area contributed by atoms with E-state index in [1.54, 1.807) is 6.08 Å². The first-order valence-corrected chi connectivity index (χ1v) is 3.61.